The second kappa shape index (κ2) is 5.52. The highest BCUT2D eigenvalue weighted by Gasteiger charge is 2.20. The Balaban J connectivity index is 2.90. The number of carbonyl (C=O) groups is 1. The van der Waals surface area contributed by atoms with E-state index in [-0.39, 0.29) is 0 Å². The molecule has 100 valence electrons. The Kier molecular flexibility index (Phi) is 4.51. The highest BCUT2D eigenvalue weighted by atomic mass is 32.2. The van der Waals surface area contributed by atoms with Gasteiger partial charge in [0.15, 0.2) is 0 Å². The van der Waals surface area contributed by atoms with Crippen molar-refractivity contribution in [2.24, 2.45) is 0 Å². The smallest absolute Gasteiger partial charge is 0.414 e. The van der Waals surface area contributed by atoms with Crippen LogP contribution in [-0.4, -0.2) is 29.2 Å². The van der Waals surface area contributed by atoms with E-state index in [1.807, 2.05) is 20.8 Å². The number of amides is 1. The summed E-state index contributed by atoms with van der Waals surface area (Å²) in [5.74, 6) is 0. The minimum absolute atomic E-state index is 0.429. The molecular formula is C13H19NO3S. The number of benzene rings is 1. The summed E-state index contributed by atoms with van der Waals surface area (Å²) >= 11 is 0. The van der Waals surface area contributed by atoms with Crippen LogP contribution in [0.15, 0.2) is 29.2 Å². The summed E-state index contributed by atoms with van der Waals surface area (Å²) in [7, 11) is 0.564. The molecule has 0 heterocycles. The summed E-state index contributed by atoms with van der Waals surface area (Å²) in [4.78, 5) is 14.0. The number of ether oxygens (including phenoxy) is 1. The first-order chi connectivity index (χ1) is 8.20. The van der Waals surface area contributed by atoms with E-state index in [1.165, 1.54) is 4.90 Å². The summed E-state index contributed by atoms with van der Waals surface area (Å²) in [6, 6.07) is 7.04. The predicted octanol–water partition coefficient (Wildman–Crippen LogP) is 2.80. The Bertz CT molecular complexity index is 466. The van der Waals surface area contributed by atoms with Crippen LogP contribution in [0.1, 0.15) is 20.8 Å². The molecule has 1 aromatic rings. The van der Waals surface area contributed by atoms with Gasteiger partial charge in [-0.2, -0.15) is 0 Å². The Morgan fingerprint density at radius 1 is 1.33 bits per heavy atom. The summed E-state index contributed by atoms with van der Waals surface area (Å²) in [6.45, 7) is 5.45. The van der Waals surface area contributed by atoms with E-state index in [4.69, 9.17) is 4.74 Å². The molecule has 0 saturated carbocycles. The molecule has 5 heteroatoms. The minimum atomic E-state index is -1.07. The van der Waals surface area contributed by atoms with Crippen molar-refractivity contribution in [2.75, 3.05) is 18.2 Å². The average molecular weight is 269 g/mol. The zero-order chi connectivity index (χ0) is 13.9. The lowest BCUT2D eigenvalue weighted by Crippen LogP contribution is -2.34. The number of nitrogens with zero attached hydrogens (tertiary/aromatic N) is 1. The molecule has 18 heavy (non-hydrogen) atoms. The van der Waals surface area contributed by atoms with Gasteiger partial charge in [-0.05, 0) is 39.0 Å². The summed E-state index contributed by atoms with van der Waals surface area (Å²) < 4.78 is 16.7. The van der Waals surface area contributed by atoms with Crippen molar-refractivity contribution in [3.05, 3.63) is 24.3 Å². The van der Waals surface area contributed by atoms with Crippen LogP contribution >= 0.6 is 0 Å². The maximum absolute atomic E-state index is 11.9. The van der Waals surface area contributed by atoms with Gasteiger partial charge in [-0.25, -0.2) is 4.79 Å². The predicted molar refractivity (Wildman–Crippen MR) is 73.4 cm³/mol. The molecule has 1 aromatic carbocycles. The normalized spacial score (nSPS) is 12.9. The molecule has 0 bridgehead atoms. The first-order valence-electron chi connectivity index (χ1n) is 5.61. The molecule has 4 nitrogen and oxygen atoms in total. The van der Waals surface area contributed by atoms with Crippen LogP contribution in [0.2, 0.25) is 0 Å². The summed E-state index contributed by atoms with van der Waals surface area (Å²) in [6.07, 6.45) is 1.17. The van der Waals surface area contributed by atoms with Crippen molar-refractivity contribution >= 4 is 22.6 Å². The molecule has 1 rings (SSSR count). The van der Waals surface area contributed by atoms with E-state index in [9.17, 15) is 9.00 Å². The second-order valence-corrected chi connectivity index (χ2v) is 6.37. The van der Waals surface area contributed by atoms with E-state index >= 15 is 0 Å². The molecule has 0 aliphatic rings. The number of carbonyl (C=O) groups excluding carboxylic acids is 1. The van der Waals surface area contributed by atoms with E-state index in [0.29, 0.717) is 10.6 Å². The summed E-state index contributed by atoms with van der Waals surface area (Å²) in [5.41, 5.74) is 0.133. The maximum Gasteiger partial charge on any atom is 0.414 e. The fraction of sp³-hybridized carbons (Fsp3) is 0.462. The first kappa shape index (κ1) is 14.7. The van der Waals surface area contributed by atoms with Crippen molar-refractivity contribution in [1.82, 2.24) is 0 Å². The molecule has 0 saturated heterocycles. The molecule has 1 amide bonds. The molecule has 0 aromatic heterocycles. The Morgan fingerprint density at radius 3 is 2.44 bits per heavy atom. The van der Waals surface area contributed by atoms with Crippen molar-refractivity contribution in [3.63, 3.8) is 0 Å². The third-order valence-corrected chi connectivity index (χ3v) is 3.12. The minimum Gasteiger partial charge on any atom is -0.443 e. The lowest BCUT2D eigenvalue weighted by Gasteiger charge is -2.24. The zero-order valence-corrected chi connectivity index (χ0v) is 12.2. The van der Waals surface area contributed by atoms with Crippen LogP contribution < -0.4 is 4.90 Å². The van der Waals surface area contributed by atoms with E-state index in [1.54, 1.807) is 37.6 Å². The molecule has 1 atom stereocenters. The van der Waals surface area contributed by atoms with Crippen LogP contribution in [0.3, 0.4) is 0 Å². The largest absolute Gasteiger partial charge is 0.443 e. The molecular weight excluding hydrogens is 250 g/mol. The maximum atomic E-state index is 11.9. The number of anilines is 1. The molecule has 1 unspecified atom stereocenters. The lowest BCUT2D eigenvalue weighted by molar-refractivity contribution is 0.0589. The van der Waals surface area contributed by atoms with Crippen LogP contribution in [-0.2, 0) is 15.5 Å². The quantitative estimate of drug-likeness (QED) is 0.829. The van der Waals surface area contributed by atoms with Crippen molar-refractivity contribution in [2.45, 2.75) is 31.3 Å². The van der Waals surface area contributed by atoms with E-state index in [2.05, 4.69) is 0 Å². The van der Waals surface area contributed by atoms with E-state index in [0.717, 1.165) is 0 Å². The third-order valence-electron chi connectivity index (χ3n) is 2.20. The van der Waals surface area contributed by atoms with Gasteiger partial charge in [0, 0.05) is 34.7 Å². The van der Waals surface area contributed by atoms with Crippen molar-refractivity contribution < 1.29 is 13.7 Å². The highest BCUT2D eigenvalue weighted by Crippen LogP contribution is 2.19. The fourth-order valence-corrected chi connectivity index (χ4v) is 1.86. The third kappa shape index (κ3) is 4.14. The number of hydrogen-bond donors (Lipinski definition) is 0. The van der Waals surface area contributed by atoms with Crippen molar-refractivity contribution in [3.8, 4) is 0 Å². The Hall–Kier alpha value is -1.36. The molecule has 0 spiro atoms. The molecule has 0 aliphatic carbocycles. The lowest BCUT2D eigenvalue weighted by atomic mass is 10.2. The van der Waals surface area contributed by atoms with Gasteiger partial charge < -0.3 is 4.74 Å². The number of hydrogen-bond acceptors (Lipinski definition) is 3. The zero-order valence-electron chi connectivity index (χ0n) is 11.4. The van der Waals surface area contributed by atoms with Gasteiger partial charge in [0.1, 0.15) is 5.60 Å². The van der Waals surface area contributed by atoms with Gasteiger partial charge in [0.05, 0.1) is 0 Å². The Morgan fingerprint density at radius 2 is 1.94 bits per heavy atom. The monoisotopic (exact) mass is 269 g/mol. The van der Waals surface area contributed by atoms with Gasteiger partial charge in [0.2, 0.25) is 0 Å². The standard InChI is InChI=1S/C13H19NO3S/c1-13(2,3)17-12(15)14(4)10-7-6-8-11(9-10)18(5)16/h6-9H,1-5H3. The highest BCUT2D eigenvalue weighted by molar-refractivity contribution is 7.84. The van der Waals surface area contributed by atoms with Gasteiger partial charge >= 0.3 is 6.09 Å². The van der Waals surface area contributed by atoms with Gasteiger partial charge in [-0.1, -0.05) is 6.07 Å². The van der Waals surface area contributed by atoms with Crippen molar-refractivity contribution in [1.29, 1.82) is 0 Å². The van der Waals surface area contributed by atoms with Gasteiger partial charge in [0.25, 0.3) is 0 Å². The van der Waals surface area contributed by atoms with Crippen LogP contribution in [0.4, 0.5) is 10.5 Å². The van der Waals surface area contributed by atoms with Gasteiger partial charge in [-0.3, -0.25) is 9.11 Å². The SMILES string of the molecule is CN(C(=O)OC(C)(C)C)c1cccc(S(C)=O)c1. The van der Waals surface area contributed by atoms with Gasteiger partial charge in [-0.15, -0.1) is 0 Å². The fourth-order valence-electron chi connectivity index (χ4n) is 1.31. The summed E-state index contributed by atoms with van der Waals surface area (Å²) in [5, 5.41) is 0. The van der Waals surface area contributed by atoms with Crippen LogP contribution in [0, 0.1) is 0 Å². The van der Waals surface area contributed by atoms with Crippen LogP contribution in [0.25, 0.3) is 0 Å². The first-order valence-corrected chi connectivity index (χ1v) is 7.17. The molecule has 0 radical (unpaired) electrons. The second-order valence-electron chi connectivity index (χ2n) is 4.99. The van der Waals surface area contributed by atoms with Crippen LogP contribution in [0.5, 0.6) is 0 Å². The topological polar surface area (TPSA) is 46.6 Å². The molecule has 0 aliphatic heterocycles. The number of rotatable bonds is 2. The Labute approximate surface area is 110 Å². The van der Waals surface area contributed by atoms with E-state index < -0.39 is 22.5 Å². The molecule has 0 fully saturated rings. The average Bonchev–Trinajstić information content (AvgIpc) is 2.26. The molecule has 0 N–H and O–H groups in total.